The summed E-state index contributed by atoms with van der Waals surface area (Å²) in [5, 5.41) is 12.1. The zero-order valence-electron chi connectivity index (χ0n) is 16.1. The third-order valence-electron chi connectivity index (χ3n) is 4.35. The monoisotopic (exact) mass is 370 g/mol. The Morgan fingerprint density at radius 1 is 1.22 bits per heavy atom. The van der Waals surface area contributed by atoms with E-state index in [1.54, 1.807) is 18.0 Å². The fourth-order valence-corrected chi connectivity index (χ4v) is 2.72. The van der Waals surface area contributed by atoms with Crippen LogP contribution in [0.1, 0.15) is 32.3 Å². The number of hydrogen-bond acceptors (Lipinski definition) is 5. The molecule has 0 aromatic heterocycles. The van der Waals surface area contributed by atoms with Crippen LogP contribution in [-0.4, -0.2) is 54.6 Å². The van der Waals surface area contributed by atoms with Crippen molar-refractivity contribution in [3.05, 3.63) is 41.6 Å². The smallest absolute Gasteiger partial charge is 0.409 e. The van der Waals surface area contributed by atoms with E-state index in [0.717, 1.165) is 0 Å². The number of benzene rings is 1. The highest BCUT2D eigenvalue weighted by molar-refractivity contribution is 6.06. The maximum Gasteiger partial charge on any atom is 0.409 e. The van der Waals surface area contributed by atoms with Crippen LogP contribution in [0.25, 0.3) is 0 Å². The average molecular weight is 370 g/mol. The van der Waals surface area contributed by atoms with Crippen LogP contribution >= 0.6 is 0 Å². The lowest BCUT2D eigenvalue weighted by molar-refractivity contribution is -0.112. The van der Waals surface area contributed by atoms with Crippen molar-refractivity contribution in [1.82, 2.24) is 9.80 Å². The van der Waals surface area contributed by atoms with Gasteiger partial charge in [-0.2, -0.15) is 5.26 Å². The van der Waals surface area contributed by atoms with Gasteiger partial charge in [0.05, 0.1) is 6.61 Å². The molecule has 0 spiro atoms. The van der Waals surface area contributed by atoms with Crippen LogP contribution in [0.2, 0.25) is 0 Å². The highest BCUT2D eigenvalue weighted by Gasteiger charge is 2.21. The summed E-state index contributed by atoms with van der Waals surface area (Å²) in [4.78, 5) is 27.6. The summed E-state index contributed by atoms with van der Waals surface area (Å²) >= 11 is 0. The Balaban J connectivity index is 1.94. The number of hydrogen-bond donors (Lipinski definition) is 1. The maximum absolute atomic E-state index is 12.4. The Kier molecular flexibility index (Phi) is 7.24. The molecule has 1 aromatic carbocycles. The number of piperazine rings is 1. The summed E-state index contributed by atoms with van der Waals surface area (Å²) in [7, 11) is 0. The first kappa shape index (κ1) is 20.3. The van der Waals surface area contributed by atoms with Gasteiger partial charge in [0.15, 0.2) is 0 Å². The number of rotatable bonds is 5. The molecule has 2 amide bonds. The van der Waals surface area contributed by atoms with Crippen molar-refractivity contribution in [3.8, 4) is 6.07 Å². The van der Waals surface area contributed by atoms with E-state index in [2.05, 4.69) is 19.2 Å². The van der Waals surface area contributed by atoms with Crippen LogP contribution in [-0.2, 0) is 9.53 Å². The van der Waals surface area contributed by atoms with E-state index in [1.807, 2.05) is 35.2 Å². The fraction of sp³-hybridized carbons (Fsp3) is 0.450. The van der Waals surface area contributed by atoms with Gasteiger partial charge in [-0.15, -0.1) is 0 Å². The predicted octanol–water partition coefficient (Wildman–Crippen LogP) is 2.93. The standard InChI is InChI=1S/C20H26N4O3/c1-4-27-20(26)24-11-9-23(10-12-24)14-17(13-21)19(25)22-18-7-5-16(6-8-18)15(2)3/h5-8,14-15H,4,9-12H2,1-3H3,(H,22,25)/b17-14-. The summed E-state index contributed by atoms with van der Waals surface area (Å²) in [6.45, 7) is 8.39. The molecular formula is C20H26N4O3. The first-order valence-electron chi connectivity index (χ1n) is 9.13. The second-order valence-corrected chi connectivity index (χ2v) is 6.61. The van der Waals surface area contributed by atoms with Gasteiger partial charge < -0.3 is 19.9 Å². The lowest BCUT2D eigenvalue weighted by Gasteiger charge is -2.33. The Morgan fingerprint density at radius 3 is 2.37 bits per heavy atom. The van der Waals surface area contributed by atoms with Gasteiger partial charge in [0.25, 0.3) is 5.91 Å². The van der Waals surface area contributed by atoms with Crippen LogP contribution in [0.4, 0.5) is 10.5 Å². The molecule has 2 rings (SSSR count). The minimum absolute atomic E-state index is 0.0347. The number of nitrogens with one attached hydrogen (secondary N) is 1. The molecule has 0 saturated carbocycles. The van der Waals surface area contributed by atoms with E-state index in [1.165, 1.54) is 5.56 Å². The number of anilines is 1. The minimum atomic E-state index is -0.442. The summed E-state index contributed by atoms with van der Waals surface area (Å²) in [5.74, 6) is -0.0276. The Morgan fingerprint density at radius 2 is 1.85 bits per heavy atom. The molecule has 7 nitrogen and oxygen atoms in total. The van der Waals surface area contributed by atoms with Gasteiger partial charge in [0.2, 0.25) is 0 Å². The van der Waals surface area contributed by atoms with Crippen LogP contribution in [0.5, 0.6) is 0 Å². The molecule has 1 aliphatic rings. The number of carbonyl (C=O) groups excluding carboxylic acids is 2. The van der Waals surface area contributed by atoms with E-state index in [4.69, 9.17) is 4.74 Å². The molecule has 1 aromatic rings. The Labute approximate surface area is 160 Å². The molecule has 0 unspecified atom stereocenters. The Hall–Kier alpha value is -3.01. The molecule has 1 heterocycles. The van der Waals surface area contributed by atoms with Crippen molar-refractivity contribution in [2.24, 2.45) is 0 Å². The second kappa shape index (κ2) is 9.62. The molecule has 27 heavy (non-hydrogen) atoms. The van der Waals surface area contributed by atoms with Gasteiger partial charge in [-0.1, -0.05) is 26.0 Å². The van der Waals surface area contributed by atoms with Gasteiger partial charge in [-0.25, -0.2) is 4.79 Å². The molecule has 0 atom stereocenters. The topological polar surface area (TPSA) is 85.7 Å². The summed E-state index contributed by atoms with van der Waals surface area (Å²) < 4.78 is 4.98. The van der Waals surface area contributed by atoms with Crippen molar-refractivity contribution < 1.29 is 14.3 Å². The van der Waals surface area contributed by atoms with Gasteiger partial charge in [0.1, 0.15) is 11.6 Å². The third kappa shape index (κ3) is 5.74. The van der Waals surface area contributed by atoms with Gasteiger partial charge in [-0.05, 0) is 30.5 Å². The van der Waals surface area contributed by atoms with Crippen molar-refractivity contribution in [2.75, 3.05) is 38.1 Å². The normalized spacial score (nSPS) is 14.7. The molecule has 0 radical (unpaired) electrons. The number of ether oxygens (including phenoxy) is 1. The van der Waals surface area contributed by atoms with Crippen molar-refractivity contribution in [3.63, 3.8) is 0 Å². The SMILES string of the molecule is CCOC(=O)N1CCN(/C=C(/C#N)C(=O)Nc2ccc(C(C)C)cc2)CC1. The zero-order chi connectivity index (χ0) is 19.8. The Bertz CT molecular complexity index is 727. The lowest BCUT2D eigenvalue weighted by Crippen LogP contribution is -2.47. The number of nitriles is 1. The molecule has 1 saturated heterocycles. The molecule has 0 bridgehead atoms. The number of carbonyl (C=O) groups is 2. The van der Waals surface area contributed by atoms with Gasteiger partial charge in [-0.3, -0.25) is 4.79 Å². The number of nitrogens with zero attached hydrogens (tertiary/aromatic N) is 3. The van der Waals surface area contributed by atoms with Crippen molar-refractivity contribution in [1.29, 1.82) is 5.26 Å². The van der Waals surface area contributed by atoms with Crippen molar-refractivity contribution in [2.45, 2.75) is 26.7 Å². The number of amides is 2. The van der Waals surface area contributed by atoms with Crippen LogP contribution in [0, 0.1) is 11.3 Å². The molecule has 7 heteroatoms. The lowest BCUT2D eigenvalue weighted by atomic mass is 10.0. The van der Waals surface area contributed by atoms with E-state index in [9.17, 15) is 14.9 Å². The molecule has 144 valence electrons. The largest absolute Gasteiger partial charge is 0.450 e. The van der Waals surface area contributed by atoms with Crippen LogP contribution in [0.3, 0.4) is 0 Å². The van der Waals surface area contributed by atoms with Crippen LogP contribution < -0.4 is 5.32 Å². The summed E-state index contributed by atoms with van der Waals surface area (Å²) in [6.07, 6.45) is 1.23. The van der Waals surface area contributed by atoms with E-state index in [0.29, 0.717) is 44.4 Å². The molecule has 1 N–H and O–H groups in total. The van der Waals surface area contributed by atoms with E-state index >= 15 is 0 Å². The van der Waals surface area contributed by atoms with E-state index < -0.39 is 5.91 Å². The first-order chi connectivity index (χ1) is 12.9. The summed E-state index contributed by atoms with van der Waals surface area (Å²) in [6, 6.07) is 9.55. The average Bonchev–Trinajstić information content (AvgIpc) is 2.67. The first-order valence-corrected chi connectivity index (χ1v) is 9.13. The van der Waals surface area contributed by atoms with Crippen molar-refractivity contribution >= 4 is 17.7 Å². The van der Waals surface area contributed by atoms with Gasteiger partial charge in [0, 0.05) is 38.1 Å². The molecule has 1 fully saturated rings. The quantitative estimate of drug-likeness (QED) is 0.636. The minimum Gasteiger partial charge on any atom is -0.450 e. The highest BCUT2D eigenvalue weighted by atomic mass is 16.6. The fourth-order valence-electron chi connectivity index (χ4n) is 2.72. The van der Waals surface area contributed by atoms with Gasteiger partial charge >= 0.3 is 6.09 Å². The third-order valence-corrected chi connectivity index (χ3v) is 4.35. The molecule has 0 aliphatic carbocycles. The summed E-state index contributed by atoms with van der Waals surface area (Å²) in [5.41, 5.74) is 1.87. The highest BCUT2D eigenvalue weighted by Crippen LogP contribution is 2.17. The predicted molar refractivity (Wildman–Crippen MR) is 103 cm³/mol. The van der Waals surface area contributed by atoms with E-state index in [-0.39, 0.29) is 11.7 Å². The second-order valence-electron chi connectivity index (χ2n) is 6.61. The van der Waals surface area contributed by atoms with Crippen LogP contribution in [0.15, 0.2) is 36.0 Å². The molecule has 1 aliphatic heterocycles. The molecular weight excluding hydrogens is 344 g/mol. The zero-order valence-corrected chi connectivity index (χ0v) is 16.1. The maximum atomic E-state index is 12.4.